The van der Waals surface area contributed by atoms with E-state index in [2.05, 4.69) is 36.2 Å². The van der Waals surface area contributed by atoms with Crippen molar-refractivity contribution in [2.75, 3.05) is 5.32 Å². The smallest absolute Gasteiger partial charge is 0.243 e. The highest BCUT2D eigenvalue weighted by Gasteiger charge is 2.12. The summed E-state index contributed by atoms with van der Waals surface area (Å²) in [6.45, 7) is 8.64. The van der Waals surface area contributed by atoms with Gasteiger partial charge in [-0.15, -0.1) is 5.10 Å². The number of hydrogen-bond donors (Lipinski definition) is 1. The lowest BCUT2D eigenvalue weighted by molar-refractivity contribution is 0.492. The van der Waals surface area contributed by atoms with Crippen LogP contribution in [0.3, 0.4) is 0 Å². The van der Waals surface area contributed by atoms with Crippen molar-refractivity contribution in [2.24, 2.45) is 5.92 Å². The molecule has 2 aromatic rings. The van der Waals surface area contributed by atoms with Crippen molar-refractivity contribution in [1.82, 2.24) is 14.6 Å². The van der Waals surface area contributed by atoms with E-state index >= 15 is 0 Å². The lowest BCUT2D eigenvalue weighted by atomic mass is 10.0. The lowest BCUT2D eigenvalue weighted by Gasteiger charge is -2.18. The number of anilines is 1. The normalized spacial score (nSPS) is 14.8. The molecular formula is C13H20N4. The van der Waals surface area contributed by atoms with Gasteiger partial charge in [0.2, 0.25) is 5.95 Å². The Morgan fingerprint density at radius 2 is 2.12 bits per heavy atom. The van der Waals surface area contributed by atoms with Crippen LogP contribution in [-0.2, 0) is 0 Å². The zero-order chi connectivity index (χ0) is 12.4. The largest absolute Gasteiger partial charge is 0.350 e. The van der Waals surface area contributed by atoms with Crippen LogP contribution in [0.2, 0.25) is 0 Å². The summed E-state index contributed by atoms with van der Waals surface area (Å²) in [6.07, 6.45) is 1.15. The topological polar surface area (TPSA) is 42.2 Å². The first-order chi connectivity index (χ1) is 8.11. The van der Waals surface area contributed by atoms with Crippen molar-refractivity contribution >= 4 is 11.6 Å². The maximum atomic E-state index is 4.47. The summed E-state index contributed by atoms with van der Waals surface area (Å²) in [4.78, 5) is 4.47. The van der Waals surface area contributed by atoms with Crippen LogP contribution in [0.1, 0.15) is 32.9 Å². The summed E-state index contributed by atoms with van der Waals surface area (Å²) in [5, 5.41) is 7.83. The van der Waals surface area contributed by atoms with Crippen LogP contribution < -0.4 is 5.32 Å². The van der Waals surface area contributed by atoms with Crippen molar-refractivity contribution in [2.45, 2.75) is 40.2 Å². The molecule has 0 saturated heterocycles. The van der Waals surface area contributed by atoms with Gasteiger partial charge in [0.15, 0.2) is 5.65 Å². The van der Waals surface area contributed by atoms with Crippen molar-refractivity contribution in [3.63, 3.8) is 0 Å². The van der Waals surface area contributed by atoms with E-state index in [0.29, 0.717) is 17.9 Å². The number of rotatable bonds is 4. The standard InChI is InChI=1S/C13H20N4/c1-5-9(2)11(4)14-13-15-12-8-6-7-10(3)17(12)16-13/h6-9,11H,5H2,1-4H3,(H,14,16). The average Bonchev–Trinajstić information content (AvgIpc) is 2.72. The monoisotopic (exact) mass is 232 g/mol. The Balaban J connectivity index is 2.23. The predicted octanol–water partition coefficient (Wildman–Crippen LogP) is 2.88. The molecule has 0 aliphatic carbocycles. The molecule has 0 saturated carbocycles. The zero-order valence-corrected chi connectivity index (χ0v) is 10.9. The second-order valence-corrected chi connectivity index (χ2v) is 4.69. The molecule has 4 heteroatoms. The van der Waals surface area contributed by atoms with Crippen molar-refractivity contribution in [1.29, 1.82) is 0 Å². The molecule has 2 unspecified atom stereocenters. The number of aromatic nitrogens is 3. The Bertz CT molecular complexity index is 503. The number of nitrogens with one attached hydrogen (secondary N) is 1. The molecule has 0 aliphatic heterocycles. The summed E-state index contributed by atoms with van der Waals surface area (Å²) in [5.41, 5.74) is 1.99. The Morgan fingerprint density at radius 1 is 1.35 bits per heavy atom. The summed E-state index contributed by atoms with van der Waals surface area (Å²) >= 11 is 0. The summed E-state index contributed by atoms with van der Waals surface area (Å²) in [7, 11) is 0. The van der Waals surface area contributed by atoms with E-state index in [-0.39, 0.29) is 0 Å². The van der Waals surface area contributed by atoms with E-state index in [9.17, 15) is 0 Å². The minimum Gasteiger partial charge on any atom is -0.350 e. The van der Waals surface area contributed by atoms with Gasteiger partial charge >= 0.3 is 0 Å². The summed E-state index contributed by atoms with van der Waals surface area (Å²) < 4.78 is 1.87. The second-order valence-electron chi connectivity index (χ2n) is 4.69. The molecule has 1 N–H and O–H groups in total. The number of pyridine rings is 1. The Morgan fingerprint density at radius 3 is 2.76 bits per heavy atom. The van der Waals surface area contributed by atoms with Crippen LogP contribution in [0.5, 0.6) is 0 Å². The molecule has 0 bridgehead atoms. The Kier molecular flexibility index (Phi) is 3.31. The van der Waals surface area contributed by atoms with Gasteiger partial charge in [-0.25, -0.2) is 4.52 Å². The van der Waals surface area contributed by atoms with Gasteiger partial charge < -0.3 is 5.32 Å². The zero-order valence-electron chi connectivity index (χ0n) is 10.9. The molecule has 0 aliphatic rings. The highest BCUT2D eigenvalue weighted by Crippen LogP contribution is 2.13. The molecule has 92 valence electrons. The van der Waals surface area contributed by atoms with Crippen molar-refractivity contribution < 1.29 is 0 Å². The molecule has 0 fully saturated rings. The molecule has 0 amide bonds. The molecule has 2 heterocycles. The highest BCUT2D eigenvalue weighted by atomic mass is 15.4. The third-order valence-electron chi connectivity index (χ3n) is 3.40. The van der Waals surface area contributed by atoms with Crippen LogP contribution in [0.25, 0.3) is 5.65 Å². The van der Waals surface area contributed by atoms with Crippen LogP contribution in [0.4, 0.5) is 5.95 Å². The van der Waals surface area contributed by atoms with Crippen LogP contribution >= 0.6 is 0 Å². The summed E-state index contributed by atoms with van der Waals surface area (Å²) in [5.74, 6) is 1.33. The minimum absolute atomic E-state index is 0.387. The van der Waals surface area contributed by atoms with Crippen LogP contribution in [-0.4, -0.2) is 20.6 Å². The Hall–Kier alpha value is -1.58. The van der Waals surface area contributed by atoms with E-state index in [1.54, 1.807) is 0 Å². The Labute approximate surface area is 102 Å². The fraction of sp³-hybridized carbons (Fsp3) is 0.538. The minimum atomic E-state index is 0.387. The first-order valence-corrected chi connectivity index (χ1v) is 6.20. The quantitative estimate of drug-likeness (QED) is 0.881. The van der Waals surface area contributed by atoms with Gasteiger partial charge in [0.1, 0.15) is 0 Å². The molecule has 2 rings (SSSR count). The molecule has 0 radical (unpaired) electrons. The number of nitrogens with zero attached hydrogens (tertiary/aromatic N) is 3. The summed E-state index contributed by atoms with van der Waals surface area (Å²) in [6, 6.07) is 6.39. The maximum Gasteiger partial charge on any atom is 0.243 e. The maximum absolute atomic E-state index is 4.47. The van der Waals surface area contributed by atoms with E-state index in [1.165, 1.54) is 0 Å². The van der Waals surface area contributed by atoms with E-state index in [4.69, 9.17) is 0 Å². The molecule has 4 nitrogen and oxygen atoms in total. The lowest BCUT2D eigenvalue weighted by Crippen LogP contribution is -2.23. The van der Waals surface area contributed by atoms with E-state index in [1.807, 2.05) is 29.6 Å². The first-order valence-electron chi connectivity index (χ1n) is 6.20. The van der Waals surface area contributed by atoms with Gasteiger partial charge in [0.25, 0.3) is 0 Å². The number of aryl methyl sites for hydroxylation is 1. The average molecular weight is 232 g/mol. The fourth-order valence-electron chi connectivity index (χ4n) is 1.80. The second kappa shape index (κ2) is 4.73. The van der Waals surface area contributed by atoms with E-state index < -0.39 is 0 Å². The van der Waals surface area contributed by atoms with E-state index in [0.717, 1.165) is 17.8 Å². The molecule has 0 aromatic carbocycles. The highest BCUT2D eigenvalue weighted by molar-refractivity contribution is 5.44. The SMILES string of the molecule is CCC(C)C(C)Nc1nc2cccc(C)n2n1. The number of fused-ring (bicyclic) bond motifs is 1. The van der Waals surface area contributed by atoms with Gasteiger partial charge in [-0.2, -0.15) is 4.98 Å². The van der Waals surface area contributed by atoms with Gasteiger partial charge in [0.05, 0.1) is 0 Å². The molecule has 17 heavy (non-hydrogen) atoms. The fourth-order valence-corrected chi connectivity index (χ4v) is 1.80. The van der Waals surface area contributed by atoms with Gasteiger partial charge in [-0.1, -0.05) is 26.3 Å². The third-order valence-corrected chi connectivity index (χ3v) is 3.40. The predicted molar refractivity (Wildman–Crippen MR) is 70.3 cm³/mol. The van der Waals surface area contributed by atoms with Gasteiger partial charge in [-0.05, 0) is 31.9 Å². The van der Waals surface area contributed by atoms with Crippen LogP contribution in [0.15, 0.2) is 18.2 Å². The van der Waals surface area contributed by atoms with Crippen LogP contribution in [0, 0.1) is 12.8 Å². The van der Waals surface area contributed by atoms with Crippen molar-refractivity contribution in [3.05, 3.63) is 23.9 Å². The number of hydrogen-bond acceptors (Lipinski definition) is 3. The molecule has 2 atom stereocenters. The van der Waals surface area contributed by atoms with Gasteiger partial charge in [-0.3, -0.25) is 0 Å². The molecule has 2 aromatic heterocycles. The molecular weight excluding hydrogens is 212 g/mol. The van der Waals surface area contributed by atoms with Crippen molar-refractivity contribution in [3.8, 4) is 0 Å². The third kappa shape index (κ3) is 2.40. The first kappa shape index (κ1) is 11.9. The van der Waals surface area contributed by atoms with Gasteiger partial charge in [0, 0.05) is 11.7 Å². The molecule has 0 spiro atoms.